The van der Waals surface area contributed by atoms with Gasteiger partial charge in [-0.15, -0.1) is 0 Å². The molecule has 0 fully saturated rings. The molecule has 0 heterocycles. The van der Waals surface area contributed by atoms with Gasteiger partial charge >= 0.3 is 6.09 Å². The summed E-state index contributed by atoms with van der Waals surface area (Å²) in [7, 11) is 0. The van der Waals surface area contributed by atoms with Crippen LogP contribution in [0.2, 0.25) is 0 Å². The zero-order chi connectivity index (χ0) is 20.1. The highest BCUT2D eigenvalue weighted by Gasteiger charge is 2.15. The first-order valence-electron chi connectivity index (χ1n) is 8.37. The minimum Gasteiger partial charge on any atom is -0.483 e. The fraction of sp³-hybridized carbons (Fsp3) is 0.875. The number of hydroxylamine groups is 1. The minimum absolute atomic E-state index is 0.236. The van der Waals surface area contributed by atoms with Crippen molar-refractivity contribution in [2.45, 2.75) is 33.3 Å². The lowest BCUT2D eigenvalue weighted by Crippen LogP contribution is -2.33. The van der Waals surface area contributed by atoms with Crippen LogP contribution in [0, 0.1) is 0 Å². The predicted molar refractivity (Wildman–Crippen MR) is 93.0 cm³/mol. The fourth-order valence-electron chi connectivity index (χ4n) is 1.31. The largest absolute Gasteiger partial charge is 0.483 e. The number of carbonyl (C=O) groups is 2. The summed E-state index contributed by atoms with van der Waals surface area (Å²) < 4.78 is 26.0. The molecule has 0 rings (SSSR count). The molecule has 0 saturated heterocycles. The molecule has 0 saturated carbocycles. The van der Waals surface area contributed by atoms with Gasteiger partial charge in [-0.1, -0.05) is 0 Å². The van der Waals surface area contributed by atoms with Crippen molar-refractivity contribution < 1.29 is 43.2 Å². The lowest BCUT2D eigenvalue weighted by Gasteiger charge is -2.19. The Hall–Kier alpha value is -1.46. The molecule has 0 aromatic carbocycles. The SMILES string of the molecule is CCOCCOCCOCCOCCONC(=O)OC(C)(C)C.O=CO. The maximum absolute atomic E-state index is 11.2. The van der Waals surface area contributed by atoms with Gasteiger partial charge in [-0.25, -0.2) is 4.79 Å². The first-order chi connectivity index (χ1) is 12.4. The molecule has 10 nitrogen and oxygen atoms in total. The summed E-state index contributed by atoms with van der Waals surface area (Å²) in [5.74, 6) is 0. The Labute approximate surface area is 155 Å². The van der Waals surface area contributed by atoms with Crippen molar-refractivity contribution in [1.29, 1.82) is 0 Å². The molecule has 156 valence electrons. The van der Waals surface area contributed by atoms with Gasteiger partial charge in [0.15, 0.2) is 0 Å². The van der Waals surface area contributed by atoms with E-state index in [1.807, 2.05) is 6.92 Å². The van der Waals surface area contributed by atoms with Crippen molar-refractivity contribution in [2.75, 3.05) is 59.5 Å². The third kappa shape index (κ3) is 27.4. The van der Waals surface area contributed by atoms with E-state index in [2.05, 4.69) is 5.48 Å². The predicted octanol–water partition coefficient (Wildman–Crippen LogP) is 1.23. The van der Waals surface area contributed by atoms with Gasteiger partial charge in [0.2, 0.25) is 0 Å². The highest BCUT2D eigenvalue weighted by Crippen LogP contribution is 2.06. The van der Waals surface area contributed by atoms with Gasteiger partial charge in [-0.05, 0) is 27.7 Å². The molecule has 0 spiro atoms. The molecule has 0 aromatic heterocycles. The van der Waals surface area contributed by atoms with Gasteiger partial charge < -0.3 is 28.8 Å². The van der Waals surface area contributed by atoms with E-state index in [0.717, 1.165) is 0 Å². The number of hydrogen-bond donors (Lipinski definition) is 2. The Bertz CT molecular complexity index is 321. The Morgan fingerprint density at radius 3 is 1.65 bits per heavy atom. The molecule has 0 aliphatic carbocycles. The lowest BCUT2D eigenvalue weighted by molar-refractivity contribution is -0.122. The number of hydrogen-bond acceptors (Lipinski definition) is 8. The Kier molecular flexibility index (Phi) is 20.4. The first kappa shape index (κ1) is 26.8. The molecule has 0 aliphatic rings. The summed E-state index contributed by atoms with van der Waals surface area (Å²) >= 11 is 0. The standard InChI is InChI=1S/C15H31NO7.CH2O2/c1-5-18-6-7-19-8-9-20-10-11-21-12-13-22-16-14(17)23-15(2,3)4;2-1-3/h5-13H2,1-4H3,(H,16,17);1H,(H,2,3). The molecule has 1 amide bonds. The average molecular weight is 383 g/mol. The van der Waals surface area contributed by atoms with E-state index >= 15 is 0 Å². The molecule has 26 heavy (non-hydrogen) atoms. The average Bonchev–Trinajstić information content (AvgIpc) is 2.54. The number of amides is 1. The highest BCUT2D eigenvalue weighted by atomic mass is 16.7. The molecule has 0 atom stereocenters. The van der Waals surface area contributed by atoms with E-state index in [0.29, 0.717) is 52.9 Å². The number of carbonyl (C=O) groups excluding carboxylic acids is 1. The van der Waals surface area contributed by atoms with Crippen LogP contribution in [0.5, 0.6) is 0 Å². The van der Waals surface area contributed by atoms with Crippen LogP contribution in [-0.2, 0) is 33.3 Å². The zero-order valence-electron chi connectivity index (χ0n) is 16.2. The van der Waals surface area contributed by atoms with Crippen LogP contribution in [0.3, 0.4) is 0 Å². The van der Waals surface area contributed by atoms with Crippen LogP contribution in [0.25, 0.3) is 0 Å². The fourth-order valence-corrected chi connectivity index (χ4v) is 1.31. The maximum Gasteiger partial charge on any atom is 0.431 e. The second-order valence-corrected chi connectivity index (χ2v) is 5.59. The van der Waals surface area contributed by atoms with Gasteiger partial charge in [0.25, 0.3) is 6.47 Å². The summed E-state index contributed by atoms with van der Waals surface area (Å²) in [6, 6.07) is 0. The topological polar surface area (TPSA) is 122 Å². The van der Waals surface area contributed by atoms with Gasteiger partial charge in [0.05, 0.1) is 52.9 Å². The van der Waals surface area contributed by atoms with Gasteiger partial charge in [0.1, 0.15) is 5.60 Å². The molecule has 0 aliphatic heterocycles. The summed E-state index contributed by atoms with van der Waals surface area (Å²) in [6.07, 6.45) is -0.620. The molecule has 10 heteroatoms. The van der Waals surface area contributed by atoms with Crippen molar-refractivity contribution in [3.8, 4) is 0 Å². The molecular formula is C16H33NO9. The van der Waals surface area contributed by atoms with Gasteiger partial charge in [-0.3, -0.25) is 9.63 Å². The third-order valence-electron chi connectivity index (χ3n) is 2.20. The van der Waals surface area contributed by atoms with Crippen molar-refractivity contribution >= 4 is 12.6 Å². The number of ether oxygens (including phenoxy) is 5. The Balaban J connectivity index is 0. The molecule has 0 aromatic rings. The number of rotatable bonds is 14. The molecule has 2 N–H and O–H groups in total. The smallest absolute Gasteiger partial charge is 0.431 e. The van der Waals surface area contributed by atoms with E-state index in [1.165, 1.54) is 0 Å². The normalized spacial score (nSPS) is 10.6. The maximum atomic E-state index is 11.2. The van der Waals surface area contributed by atoms with Crippen molar-refractivity contribution in [1.82, 2.24) is 5.48 Å². The van der Waals surface area contributed by atoms with Crippen LogP contribution in [-0.4, -0.2) is 82.7 Å². The van der Waals surface area contributed by atoms with E-state index in [1.54, 1.807) is 20.8 Å². The molecular weight excluding hydrogens is 350 g/mol. The molecule has 0 unspecified atom stereocenters. The summed E-state index contributed by atoms with van der Waals surface area (Å²) in [6.45, 7) is 11.5. The van der Waals surface area contributed by atoms with Crippen LogP contribution in [0.4, 0.5) is 4.79 Å². The summed E-state index contributed by atoms with van der Waals surface area (Å²) in [5.41, 5.74) is 1.63. The van der Waals surface area contributed by atoms with Gasteiger partial charge in [-0.2, -0.15) is 5.48 Å². The monoisotopic (exact) mass is 383 g/mol. The molecule has 0 radical (unpaired) electrons. The Morgan fingerprint density at radius 2 is 1.27 bits per heavy atom. The summed E-state index contributed by atoms with van der Waals surface area (Å²) in [4.78, 5) is 24.5. The molecule has 0 bridgehead atoms. The van der Waals surface area contributed by atoms with Crippen LogP contribution >= 0.6 is 0 Å². The van der Waals surface area contributed by atoms with Crippen LogP contribution in [0.1, 0.15) is 27.7 Å². The quantitative estimate of drug-likeness (QED) is 0.259. The van der Waals surface area contributed by atoms with Crippen LogP contribution < -0.4 is 5.48 Å². The van der Waals surface area contributed by atoms with E-state index < -0.39 is 11.7 Å². The second-order valence-electron chi connectivity index (χ2n) is 5.59. The van der Waals surface area contributed by atoms with Crippen molar-refractivity contribution in [3.05, 3.63) is 0 Å². The number of carboxylic acid groups (broad SMARTS) is 1. The summed E-state index contributed by atoms with van der Waals surface area (Å²) in [5, 5.41) is 6.89. The second kappa shape index (κ2) is 19.9. The van der Waals surface area contributed by atoms with Crippen molar-refractivity contribution in [3.63, 3.8) is 0 Å². The van der Waals surface area contributed by atoms with Crippen LogP contribution in [0.15, 0.2) is 0 Å². The highest BCUT2D eigenvalue weighted by molar-refractivity contribution is 5.66. The van der Waals surface area contributed by atoms with Gasteiger partial charge in [0, 0.05) is 6.61 Å². The zero-order valence-corrected chi connectivity index (χ0v) is 16.2. The van der Waals surface area contributed by atoms with E-state index in [-0.39, 0.29) is 13.1 Å². The third-order valence-corrected chi connectivity index (χ3v) is 2.20. The number of nitrogens with one attached hydrogen (secondary N) is 1. The van der Waals surface area contributed by atoms with Crippen molar-refractivity contribution in [2.24, 2.45) is 0 Å². The lowest BCUT2D eigenvalue weighted by atomic mass is 10.2. The first-order valence-corrected chi connectivity index (χ1v) is 8.37. The Morgan fingerprint density at radius 1 is 0.885 bits per heavy atom. The van der Waals surface area contributed by atoms with E-state index in [4.69, 9.17) is 38.4 Å². The van der Waals surface area contributed by atoms with E-state index in [9.17, 15) is 4.79 Å². The minimum atomic E-state index is -0.620.